The maximum atomic E-state index is 14.5. The number of pyridine rings is 1. The molecular weight excluding hydrogens is 586 g/mol. The lowest BCUT2D eigenvalue weighted by Gasteiger charge is -2.33. The van der Waals surface area contributed by atoms with Crippen LogP contribution in [0.3, 0.4) is 0 Å². The predicted molar refractivity (Wildman–Crippen MR) is 159 cm³/mol. The Kier molecular flexibility index (Phi) is 6.75. The summed E-state index contributed by atoms with van der Waals surface area (Å²) in [5.41, 5.74) is 2.52. The molecule has 11 heteroatoms. The number of H-pyrrole nitrogens is 1. The highest BCUT2D eigenvalue weighted by molar-refractivity contribution is 9.10. The molecule has 5 heterocycles. The number of hydrogen-bond acceptors (Lipinski definition) is 6. The van der Waals surface area contributed by atoms with Crippen LogP contribution in [0.2, 0.25) is 0 Å². The molecule has 2 fully saturated rings. The predicted octanol–water partition coefficient (Wildman–Crippen LogP) is 4.79. The molecule has 1 amide bonds. The van der Waals surface area contributed by atoms with Gasteiger partial charge in [-0.3, -0.25) is 19.1 Å². The Morgan fingerprint density at radius 3 is 2.56 bits per heavy atom. The molecule has 2 bridgehead atoms. The number of aryl methyl sites for hydroxylation is 2. The van der Waals surface area contributed by atoms with Crippen LogP contribution < -0.4 is 11.2 Å². The van der Waals surface area contributed by atoms with Crippen LogP contribution >= 0.6 is 15.9 Å². The summed E-state index contributed by atoms with van der Waals surface area (Å²) in [4.78, 5) is 49.3. The van der Waals surface area contributed by atoms with E-state index in [-0.39, 0.29) is 40.5 Å². The van der Waals surface area contributed by atoms with E-state index < -0.39 is 16.8 Å². The zero-order valence-electron chi connectivity index (χ0n) is 23.9. The lowest BCUT2D eigenvalue weighted by atomic mass is 9.85. The monoisotopic (exact) mass is 619 g/mol. The lowest BCUT2D eigenvalue weighted by Crippen LogP contribution is -2.44. The molecule has 1 aromatic carbocycles. The summed E-state index contributed by atoms with van der Waals surface area (Å²) in [7, 11) is 0. The van der Waals surface area contributed by atoms with Crippen LogP contribution in [-0.2, 0) is 12.1 Å². The number of aromatic amines is 1. The van der Waals surface area contributed by atoms with Gasteiger partial charge in [0.1, 0.15) is 5.69 Å². The Bertz CT molecular complexity index is 1800. The van der Waals surface area contributed by atoms with E-state index in [1.807, 2.05) is 42.6 Å². The summed E-state index contributed by atoms with van der Waals surface area (Å²) in [5.74, 6) is -0.226. The maximum Gasteiger partial charge on any atom is 0.329 e. The molecule has 1 N–H and O–H groups in total. The van der Waals surface area contributed by atoms with Crippen molar-refractivity contribution in [2.45, 2.75) is 90.4 Å². The van der Waals surface area contributed by atoms with Crippen molar-refractivity contribution < 1.29 is 4.79 Å². The van der Waals surface area contributed by atoms with E-state index in [0.29, 0.717) is 12.2 Å². The first kappa shape index (κ1) is 27.6. The van der Waals surface area contributed by atoms with Gasteiger partial charge < -0.3 is 4.90 Å². The van der Waals surface area contributed by atoms with Gasteiger partial charge in [0.05, 0.1) is 28.7 Å². The number of aromatic nitrogens is 6. The van der Waals surface area contributed by atoms with Crippen molar-refractivity contribution in [3.05, 3.63) is 83.9 Å². The standard InChI is InChI=1S/C30H34BrN7O3/c1-6-36-26-25(27(39)33-29(36)41)21(14-23(32-26)16(2)3)28(40)38-20-9-11-30(38,12-10-20)24-15-37(35-34-24)18(5)19-7-8-22(31)17(4)13-19/h7-8,13-16,18,20H,6,9-12H2,1-5H3,(H,33,39,41)/t18-,20?,30?/m0/s1. The van der Waals surface area contributed by atoms with E-state index in [1.54, 1.807) is 6.07 Å². The van der Waals surface area contributed by atoms with Crippen molar-refractivity contribution in [3.63, 3.8) is 0 Å². The first-order valence-corrected chi connectivity index (χ1v) is 15.0. The van der Waals surface area contributed by atoms with E-state index in [0.717, 1.165) is 47.0 Å². The second-order valence-corrected chi connectivity index (χ2v) is 12.5. The van der Waals surface area contributed by atoms with Gasteiger partial charge in [0.2, 0.25) is 0 Å². The minimum atomic E-state index is -0.602. The normalized spacial score (nSPS) is 20.9. The van der Waals surface area contributed by atoms with Crippen molar-refractivity contribution in [1.82, 2.24) is 34.4 Å². The number of fused-ring (bicyclic) bond motifs is 3. The maximum absolute atomic E-state index is 14.5. The quantitative estimate of drug-likeness (QED) is 0.331. The fourth-order valence-corrected chi connectivity index (χ4v) is 6.86. The molecular formula is C30H34BrN7O3. The Hall–Kier alpha value is -3.60. The summed E-state index contributed by atoms with van der Waals surface area (Å²) in [6.45, 7) is 10.3. The van der Waals surface area contributed by atoms with Crippen LogP contribution in [0.5, 0.6) is 0 Å². The van der Waals surface area contributed by atoms with Gasteiger partial charge in [-0.1, -0.05) is 47.1 Å². The lowest BCUT2D eigenvalue weighted by molar-refractivity contribution is 0.0604. The van der Waals surface area contributed by atoms with Gasteiger partial charge in [0, 0.05) is 22.8 Å². The third-order valence-electron chi connectivity index (χ3n) is 8.98. The topological polar surface area (TPSA) is 119 Å². The number of carbonyl (C=O) groups excluding carboxylic acids is 1. The Morgan fingerprint density at radius 2 is 1.90 bits per heavy atom. The second kappa shape index (κ2) is 10.0. The van der Waals surface area contributed by atoms with Gasteiger partial charge >= 0.3 is 5.69 Å². The number of carbonyl (C=O) groups is 1. The Balaban J connectivity index is 1.44. The summed E-state index contributed by atoms with van der Waals surface area (Å²) in [6.07, 6.45) is 5.25. The molecule has 2 aliphatic rings. The van der Waals surface area contributed by atoms with Gasteiger partial charge in [0.25, 0.3) is 11.5 Å². The molecule has 0 spiro atoms. The molecule has 2 saturated heterocycles. The zero-order valence-corrected chi connectivity index (χ0v) is 25.5. The molecule has 0 saturated carbocycles. The first-order valence-electron chi connectivity index (χ1n) is 14.3. The molecule has 6 rings (SSSR count). The second-order valence-electron chi connectivity index (χ2n) is 11.7. The summed E-state index contributed by atoms with van der Waals surface area (Å²) >= 11 is 3.57. The van der Waals surface area contributed by atoms with Crippen LogP contribution in [0, 0.1) is 6.92 Å². The van der Waals surface area contributed by atoms with Crippen molar-refractivity contribution in [2.24, 2.45) is 0 Å². The van der Waals surface area contributed by atoms with E-state index in [1.165, 1.54) is 4.57 Å². The van der Waals surface area contributed by atoms with Crippen molar-refractivity contribution in [3.8, 4) is 0 Å². The smallest absolute Gasteiger partial charge is 0.324 e. The van der Waals surface area contributed by atoms with Crippen LogP contribution in [0.25, 0.3) is 11.0 Å². The summed E-state index contributed by atoms with van der Waals surface area (Å²) in [6, 6.07) is 7.99. The highest BCUT2D eigenvalue weighted by Gasteiger charge is 2.56. The van der Waals surface area contributed by atoms with E-state index in [2.05, 4.69) is 62.2 Å². The highest BCUT2D eigenvalue weighted by Crippen LogP contribution is 2.53. The minimum Gasteiger partial charge on any atom is -0.324 e. The van der Waals surface area contributed by atoms with Gasteiger partial charge in [-0.05, 0) is 75.6 Å². The number of halogens is 1. The first-order chi connectivity index (χ1) is 19.6. The molecule has 3 aromatic heterocycles. The van der Waals surface area contributed by atoms with Gasteiger partial charge in [0.15, 0.2) is 5.65 Å². The van der Waals surface area contributed by atoms with Gasteiger partial charge in [-0.2, -0.15) is 0 Å². The number of benzene rings is 1. The third-order valence-corrected chi connectivity index (χ3v) is 9.87. The molecule has 0 radical (unpaired) electrons. The third kappa shape index (κ3) is 4.27. The van der Waals surface area contributed by atoms with Gasteiger partial charge in [-0.25, -0.2) is 14.5 Å². The van der Waals surface area contributed by atoms with E-state index in [9.17, 15) is 14.4 Å². The number of nitrogens with one attached hydrogen (secondary N) is 1. The molecule has 4 aromatic rings. The molecule has 214 valence electrons. The molecule has 2 aliphatic heterocycles. The van der Waals surface area contributed by atoms with Crippen molar-refractivity contribution in [1.29, 1.82) is 0 Å². The van der Waals surface area contributed by atoms with Crippen molar-refractivity contribution in [2.75, 3.05) is 0 Å². The number of nitrogens with zero attached hydrogens (tertiary/aromatic N) is 6. The Morgan fingerprint density at radius 1 is 1.17 bits per heavy atom. The SMILES string of the molecule is CCn1c(=O)[nH]c(=O)c2c(C(=O)N3C4CCC3(c3cn([C@@H](C)c5ccc(Br)c(C)c5)nn3)CC4)cc(C(C)C)nc21. The Labute approximate surface area is 245 Å². The highest BCUT2D eigenvalue weighted by atomic mass is 79.9. The zero-order chi connectivity index (χ0) is 29.2. The van der Waals surface area contributed by atoms with Crippen LogP contribution in [0.1, 0.15) is 98.2 Å². The fraction of sp³-hybridized carbons (Fsp3) is 0.467. The van der Waals surface area contributed by atoms with E-state index in [4.69, 9.17) is 0 Å². The molecule has 41 heavy (non-hydrogen) atoms. The average Bonchev–Trinajstić information content (AvgIpc) is 3.68. The molecule has 0 aliphatic carbocycles. The molecule has 10 nitrogen and oxygen atoms in total. The largest absolute Gasteiger partial charge is 0.329 e. The van der Waals surface area contributed by atoms with Crippen molar-refractivity contribution >= 4 is 32.9 Å². The molecule has 1 atom stereocenters. The van der Waals surface area contributed by atoms with Crippen LogP contribution in [0.4, 0.5) is 0 Å². The minimum absolute atomic E-state index is 0.00135. The molecule has 0 unspecified atom stereocenters. The van der Waals surface area contributed by atoms with Crippen LogP contribution in [0.15, 0.2) is 44.5 Å². The summed E-state index contributed by atoms with van der Waals surface area (Å²) in [5, 5.41) is 9.30. The fourth-order valence-electron chi connectivity index (χ4n) is 6.61. The number of rotatable bonds is 6. The van der Waals surface area contributed by atoms with E-state index >= 15 is 0 Å². The average molecular weight is 621 g/mol. The summed E-state index contributed by atoms with van der Waals surface area (Å²) < 4.78 is 4.34. The number of hydrogen-bond donors (Lipinski definition) is 1. The van der Waals surface area contributed by atoms with Gasteiger partial charge in [-0.15, -0.1) is 5.10 Å². The number of amides is 1. The van der Waals surface area contributed by atoms with Crippen LogP contribution in [-0.4, -0.2) is 46.4 Å².